The van der Waals surface area contributed by atoms with Crippen LogP contribution in [0.2, 0.25) is 4.34 Å². The number of nitrogens with one attached hydrogen (secondary N) is 2. The maximum absolute atomic E-state index is 11.9. The van der Waals surface area contributed by atoms with Crippen molar-refractivity contribution in [1.29, 1.82) is 0 Å². The number of aliphatic carboxylic acids is 1. The number of carbonyl (C=O) groups excluding carboxylic acids is 1. The molecule has 0 radical (unpaired) electrons. The van der Waals surface area contributed by atoms with Gasteiger partial charge >= 0.3 is 12.0 Å². The van der Waals surface area contributed by atoms with Crippen LogP contribution in [0.5, 0.6) is 0 Å². The number of hydrogen-bond donors (Lipinski definition) is 3. The van der Waals surface area contributed by atoms with Gasteiger partial charge in [-0.2, -0.15) is 0 Å². The molecule has 1 fully saturated rings. The second kappa shape index (κ2) is 6.66. The van der Waals surface area contributed by atoms with Crippen LogP contribution in [0.3, 0.4) is 0 Å². The summed E-state index contributed by atoms with van der Waals surface area (Å²) in [5.74, 6) is -0.849. The number of carbonyl (C=O) groups is 2. The molecule has 5 nitrogen and oxygen atoms in total. The molecular formula is C14H19ClN2O3S. The van der Waals surface area contributed by atoms with Gasteiger partial charge in [-0.25, -0.2) is 4.79 Å². The first-order valence-electron chi connectivity index (χ1n) is 6.94. The van der Waals surface area contributed by atoms with Crippen molar-refractivity contribution in [2.45, 2.75) is 38.6 Å². The summed E-state index contributed by atoms with van der Waals surface area (Å²) in [5.41, 5.74) is -0.862. The Labute approximate surface area is 132 Å². The number of thiophene rings is 1. The summed E-state index contributed by atoms with van der Waals surface area (Å²) in [5, 5.41) is 14.9. The van der Waals surface area contributed by atoms with Crippen LogP contribution in [0, 0.1) is 5.41 Å². The van der Waals surface area contributed by atoms with E-state index < -0.39 is 11.4 Å². The van der Waals surface area contributed by atoms with Crippen molar-refractivity contribution in [3.05, 3.63) is 21.3 Å². The van der Waals surface area contributed by atoms with Crippen molar-refractivity contribution < 1.29 is 14.7 Å². The van der Waals surface area contributed by atoms with E-state index in [1.165, 1.54) is 11.3 Å². The summed E-state index contributed by atoms with van der Waals surface area (Å²) >= 11 is 7.33. The molecule has 7 heteroatoms. The van der Waals surface area contributed by atoms with Crippen molar-refractivity contribution >= 4 is 34.9 Å². The van der Waals surface area contributed by atoms with Crippen LogP contribution in [0.25, 0.3) is 0 Å². The number of rotatable bonds is 5. The molecule has 116 valence electrons. The van der Waals surface area contributed by atoms with Gasteiger partial charge in [0.2, 0.25) is 0 Å². The average Bonchev–Trinajstić information content (AvgIpc) is 2.98. The molecule has 0 bridgehead atoms. The van der Waals surface area contributed by atoms with Gasteiger partial charge in [0.1, 0.15) is 0 Å². The predicted octanol–water partition coefficient (Wildman–Crippen LogP) is 2.89. The molecule has 2 rings (SSSR count). The Morgan fingerprint density at radius 3 is 2.90 bits per heavy atom. The molecule has 2 amide bonds. The predicted molar refractivity (Wildman–Crippen MR) is 82.9 cm³/mol. The highest BCUT2D eigenvalue weighted by Crippen LogP contribution is 2.38. The highest BCUT2D eigenvalue weighted by atomic mass is 35.5. The second-order valence-electron chi connectivity index (χ2n) is 5.52. The molecule has 1 aromatic heterocycles. The van der Waals surface area contributed by atoms with E-state index in [1.807, 2.05) is 12.1 Å². The smallest absolute Gasteiger partial charge is 0.315 e. The van der Waals surface area contributed by atoms with Crippen LogP contribution < -0.4 is 10.6 Å². The Balaban J connectivity index is 1.78. The molecule has 3 N–H and O–H groups in total. The van der Waals surface area contributed by atoms with Gasteiger partial charge in [-0.05, 0) is 38.3 Å². The van der Waals surface area contributed by atoms with Crippen molar-refractivity contribution in [1.82, 2.24) is 10.6 Å². The summed E-state index contributed by atoms with van der Waals surface area (Å²) in [6, 6.07) is 3.15. The molecule has 1 saturated carbocycles. The van der Waals surface area contributed by atoms with Crippen LogP contribution in [-0.2, 0) is 11.2 Å². The monoisotopic (exact) mass is 330 g/mol. The normalized spacial score (nSPS) is 24.8. The fourth-order valence-corrected chi connectivity index (χ4v) is 3.74. The Morgan fingerprint density at radius 1 is 1.52 bits per heavy atom. The number of hydrogen-bond acceptors (Lipinski definition) is 3. The van der Waals surface area contributed by atoms with Crippen molar-refractivity contribution in [3.63, 3.8) is 0 Å². The van der Waals surface area contributed by atoms with Crippen LogP contribution in [0.1, 0.15) is 31.1 Å². The fraction of sp³-hybridized carbons (Fsp3) is 0.571. The zero-order valence-electron chi connectivity index (χ0n) is 11.8. The molecule has 21 heavy (non-hydrogen) atoms. The van der Waals surface area contributed by atoms with Gasteiger partial charge in [0.05, 0.1) is 9.75 Å². The van der Waals surface area contributed by atoms with Gasteiger partial charge in [-0.1, -0.05) is 18.0 Å². The minimum atomic E-state index is -0.862. The first-order valence-corrected chi connectivity index (χ1v) is 8.13. The molecule has 2 unspecified atom stereocenters. The lowest BCUT2D eigenvalue weighted by atomic mass is 9.85. The lowest BCUT2D eigenvalue weighted by Crippen LogP contribution is -2.50. The molecule has 2 atom stereocenters. The maximum atomic E-state index is 11.9. The molecule has 1 aliphatic rings. The van der Waals surface area contributed by atoms with Crippen LogP contribution in [0.15, 0.2) is 12.1 Å². The van der Waals surface area contributed by atoms with Gasteiger partial charge in [0, 0.05) is 17.5 Å². The zero-order chi connectivity index (χ0) is 15.5. The minimum absolute atomic E-state index is 0.308. The molecular weight excluding hydrogens is 312 g/mol. The van der Waals surface area contributed by atoms with Gasteiger partial charge in [0.15, 0.2) is 0 Å². The largest absolute Gasteiger partial charge is 0.481 e. The highest BCUT2D eigenvalue weighted by molar-refractivity contribution is 7.16. The highest BCUT2D eigenvalue weighted by Gasteiger charge is 2.45. The van der Waals surface area contributed by atoms with Crippen LogP contribution >= 0.6 is 22.9 Å². The van der Waals surface area contributed by atoms with E-state index in [1.54, 1.807) is 6.92 Å². The van der Waals surface area contributed by atoms with Gasteiger partial charge in [0.25, 0.3) is 0 Å². The van der Waals surface area contributed by atoms with Gasteiger partial charge in [-0.15, -0.1) is 11.3 Å². The molecule has 0 aromatic carbocycles. The third-order valence-corrected chi connectivity index (χ3v) is 5.33. The minimum Gasteiger partial charge on any atom is -0.481 e. The Morgan fingerprint density at radius 2 is 2.29 bits per heavy atom. The Hall–Kier alpha value is -1.27. The van der Waals surface area contributed by atoms with E-state index in [4.69, 9.17) is 11.6 Å². The number of carboxylic acid groups (broad SMARTS) is 1. The number of halogens is 1. The average molecular weight is 331 g/mol. The molecule has 0 aliphatic heterocycles. The summed E-state index contributed by atoms with van der Waals surface area (Å²) in [6.45, 7) is 2.19. The third-order valence-electron chi connectivity index (χ3n) is 4.04. The lowest BCUT2D eigenvalue weighted by Gasteiger charge is -2.27. The topological polar surface area (TPSA) is 78.4 Å². The number of urea groups is 1. The van der Waals surface area contributed by atoms with Crippen molar-refractivity contribution in [3.8, 4) is 0 Å². The van der Waals surface area contributed by atoms with Crippen molar-refractivity contribution in [2.75, 3.05) is 6.54 Å². The van der Waals surface area contributed by atoms with Crippen molar-refractivity contribution in [2.24, 2.45) is 5.41 Å². The standard InChI is InChI=1S/C14H19ClN2O3S/c1-14(12(18)19)7-2-3-10(14)17-13(20)16-8-6-9-4-5-11(15)21-9/h4-5,10H,2-3,6-8H2,1H3,(H,18,19)(H2,16,17,20). The van der Waals surface area contributed by atoms with E-state index in [2.05, 4.69) is 10.6 Å². The zero-order valence-corrected chi connectivity index (χ0v) is 13.4. The first kappa shape index (κ1) is 16.1. The molecule has 1 heterocycles. The Bertz CT molecular complexity index is 534. The van der Waals surface area contributed by atoms with Gasteiger partial charge < -0.3 is 15.7 Å². The summed E-state index contributed by atoms with van der Waals surface area (Å²) in [4.78, 5) is 24.3. The molecule has 1 aliphatic carbocycles. The number of amides is 2. The summed E-state index contributed by atoms with van der Waals surface area (Å²) in [7, 11) is 0. The molecule has 0 spiro atoms. The fourth-order valence-electron chi connectivity index (χ4n) is 2.65. The summed E-state index contributed by atoms with van der Waals surface area (Å²) < 4.78 is 0.734. The van der Waals surface area contributed by atoms with E-state index >= 15 is 0 Å². The van der Waals surface area contributed by atoms with E-state index in [0.29, 0.717) is 25.8 Å². The molecule has 1 aromatic rings. The first-order chi connectivity index (χ1) is 9.91. The van der Waals surface area contributed by atoms with Crippen LogP contribution in [-0.4, -0.2) is 29.7 Å². The van der Waals surface area contributed by atoms with E-state index in [0.717, 1.165) is 15.6 Å². The number of carboxylic acids is 1. The van der Waals surface area contributed by atoms with E-state index in [9.17, 15) is 14.7 Å². The SMILES string of the molecule is CC1(C(=O)O)CCCC1NC(=O)NCCc1ccc(Cl)s1. The van der Waals surface area contributed by atoms with Crippen LogP contribution in [0.4, 0.5) is 4.79 Å². The third kappa shape index (κ3) is 3.89. The van der Waals surface area contributed by atoms with E-state index in [-0.39, 0.29) is 12.1 Å². The second-order valence-corrected chi connectivity index (χ2v) is 7.32. The maximum Gasteiger partial charge on any atom is 0.315 e. The quantitative estimate of drug-likeness (QED) is 0.776. The Kier molecular flexibility index (Phi) is 5.11. The molecule has 0 saturated heterocycles. The van der Waals surface area contributed by atoms with Gasteiger partial charge in [-0.3, -0.25) is 4.79 Å². The summed E-state index contributed by atoms with van der Waals surface area (Å²) in [6.07, 6.45) is 2.84. The lowest BCUT2D eigenvalue weighted by molar-refractivity contribution is -0.148.